The van der Waals surface area contributed by atoms with Crippen molar-refractivity contribution in [3.8, 4) is 16.9 Å². The second-order valence-electron chi connectivity index (χ2n) is 8.05. The van der Waals surface area contributed by atoms with Gasteiger partial charge in [0.05, 0.1) is 12.5 Å². The van der Waals surface area contributed by atoms with E-state index in [1.54, 1.807) is 0 Å². The molecule has 5 rings (SSSR count). The van der Waals surface area contributed by atoms with Gasteiger partial charge in [0, 0.05) is 5.56 Å². The quantitative estimate of drug-likeness (QED) is 0.614. The molecule has 1 N–H and O–H groups in total. The van der Waals surface area contributed by atoms with Gasteiger partial charge in [-0.25, -0.2) is 4.63 Å². The predicted octanol–water partition coefficient (Wildman–Crippen LogP) is 4.65. The van der Waals surface area contributed by atoms with Crippen LogP contribution in [-0.2, 0) is 4.79 Å². The van der Waals surface area contributed by atoms with Gasteiger partial charge < -0.3 is 9.84 Å². The fraction of sp³-hybridized carbons (Fsp3) is 0.409. The van der Waals surface area contributed by atoms with E-state index < -0.39 is 11.9 Å². The standard InChI is InChI=1S/C22H22N2O4/c25-22(26)18(9-13-1-2-13)15-6-8-21(27-12-14-3-4-14)17(10-15)16-5-7-19-20(11-16)24-28-23-19/h5-8,10-11,13-14,18H,1-4,9,12H2,(H,25,26). The number of carbonyl (C=O) groups is 1. The van der Waals surface area contributed by atoms with E-state index in [9.17, 15) is 9.90 Å². The molecule has 2 fully saturated rings. The Balaban J connectivity index is 1.54. The maximum atomic E-state index is 11.9. The molecule has 2 aromatic carbocycles. The molecule has 28 heavy (non-hydrogen) atoms. The van der Waals surface area contributed by atoms with Gasteiger partial charge in [-0.3, -0.25) is 4.79 Å². The molecule has 3 aromatic rings. The highest BCUT2D eigenvalue weighted by Crippen LogP contribution is 2.41. The van der Waals surface area contributed by atoms with Gasteiger partial charge in [-0.2, -0.15) is 0 Å². The Morgan fingerprint density at radius 2 is 1.86 bits per heavy atom. The summed E-state index contributed by atoms with van der Waals surface area (Å²) in [6.45, 7) is 0.699. The molecule has 6 nitrogen and oxygen atoms in total. The fourth-order valence-corrected chi connectivity index (χ4v) is 3.62. The smallest absolute Gasteiger partial charge is 0.310 e. The topological polar surface area (TPSA) is 85.5 Å². The van der Waals surface area contributed by atoms with Crippen molar-refractivity contribution in [3.05, 3.63) is 42.0 Å². The summed E-state index contributed by atoms with van der Waals surface area (Å²) in [6.07, 6.45) is 5.40. The highest BCUT2D eigenvalue weighted by atomic mass is 16.6. The Morgan fingerprint density at radius 1 is 1.07 bits per heavy atom. The van der Waals surface area contributed by atoms with E-state index >= 15 is 0 Å². The van der Waals surface area contributed by atoms with E-state index in [1.807, 2.05) is 36.4 Å². The molecule has 0 amide bonds. The van der Waals surface area contributed by atoms with Crippen molar-refractivity contribution >= 4 is 17.0 Å². The summed E-state index contributed by atoms with van der Waals surface area (Å²) < 4.78 is 10.9. The molecule has 1 heterocycles. The predicted molar refractivity (Wildman–Crippen MR) is 103 cm³/mol. The van der Waals surface area contributed by atoms with E-state index in [-0.39, 0.29) is 0 Å². The van der Waals surface area contributed by atoms with Crippen molar-refractivity contribution in [1.29, 1.82) is 0 Å². The molecule has 2 saturated carbocycles. The Morgan fingerprint density at radius 3 is 2.61 bits per heavy atom. The number of aliphatic carboxylic acids is 1. The summed E-state index contributed by atoms with van der Waals surface area (Å²) in [6, 6.07) is 11.5. The van der Waals surface area contributed by atoms with Crippen LogP contribution in [0.25, 0.3) is 22.2 Å². The summed E-state index contributed by atoms with van der Waals surface area (Å²) >= 11 is 0. The fourth-order valence-electron chi connectivity index (χ4n) is 3.62. The molecule has 1 atom stereocenters. The van der Waals surface area contributed by atoms with E-state index in [0.29, 0.717) is 35.9 Å². The highest BCUT2D eigenvalue weighted by Gasteiger charge is 2.31. The Bertz CT molecular complexity index is 1020. The second-order valence-corrected chi connectivity index (χ2v) is 8.05. The van der Waals surface area contributed by atoms with Crippen LogP contribution in [0.4, 0.5) is 0 Å². The highest BCUT2D eigenvalue weighted by molar-refractivity contribution is 5.84. The van der Waals surface area contributed by atoms with Gasteiger partial charge in [-0.1, -0.05) is 25.0 Å². The minimum Gasteiger partial charge on any atom is -0.493 e. The largest absolute Gasteiger partial charge is 0.493 e. The molecule has 2 aliphatic carbocycles. The van der Waals surface area contributed by atoms with Gasteiger partial charge >= 0.3 is 5.97 Å². The second kappa shape index (κ2) is 6.93. The van der Waals surface area contributed by atoms with Gasteiger partial charge in [0.15, 0.2) is 0 Å². The third-order valence-electron chi connectivity index (χ3n) is 5.71. The lowest BCUT2D eigenvalue weighted by Crippen LogP contribution is -2.13. The SMILES string of the molecule is O=C(O)C(CC1CC1)c1ccc(OCC2CC2)c(-c2ccc3nonc3c2)c1. The first-order valence-corrected chi connectivity index (χ1v) is 9.89. The molecule has 6 heteroatoms. The summed E-state index contributed by atoms with van der Waals surface area (Å²) in [5.74, 6) is 0.702. The lowest BCUT2D eigenvalue weighted by molar-refractivity contribution is -0.139. The van der Waals surface area contributed by atoms with Gasteiger partial charge in [0.2, 0.25) is 0 Å². The van der Waals surface area contributed by atoms with Crippen LogP contribution >= 0.6 is 0 Å². The van der Waals surface area contributed by atoms with Crippen molar-refractivity contribution in [1.82, 2.24) is 10.3 Å². The Labute approximate surface area is 162 Å². The van der Waals surface area contributed by atoms with Crippen LogP contribution < -0.4 is 4.74 Å². The number of fused-ring (bicyclic) bond motifs is 1. The van der Waals surface area contributed by atoms with Crippen LogP contribution in [0.5, 0.6) is 5.75 Å². The summed E-state index contributed by atoms with van der Waals surface area (Å²) in [5, 5.41) is 17.6. The first-order chi connectivity index (χ1) is 13.7. The van der Waals surface area contributed by atoms with Gasteiger partial charge in [0.1, 0.15) is 16.8 Å². The van der Waals surface area contributed by atoms with Gasteiger partial charge in [0.25, 0.3) is 0 Å². The third-order valence-corrected chi connectivity index (χ3v) is 5.71. The average Bonchev–Trinajstić information content (AvgIpc) is 3.63. The van der Waals surface area contributed by atoms with Crippen LogP contribution in [0.1, 0.15) is 43.6 Å². The maximum Gasteiger partial charge on any atom is 0.310 e. The monoisotopic (exact) mass is 378 g/mol. The van der Waals surface area contributed by atoms with Crippen molar-refractivity contribution in [3.63, 3.8) is 0 Å². The minimum atomic E-state index is -0.763. The van der Waals surface area contributed by atoms with E-state index in [1.165, 1.54) is 12.8 Å². The molecule has 0 aliphatic heterocycles. The number of nitrogens with zero attached hydrogens (tertiary/aromatic N) is 2. The van der Waals surface area contributed by atoms with E-state index in [2.05, 4.69) is 10.3 Å². The van der Waals surface area contributed by atoms with Crippen molar-refractivity contribution in [2.45, 2.75) is 38.0 Å². The first kappa shape index (κ1) is 17.2. The number of hydrogen-bond donors (Lipinski definition) is 1. The average molecular weight is 378 g/mol. The molecular weight excluding hydrogens is 356 g/mol. The number of carboxylic acid groups (broad SMARTS) is 1. The molecular formula is C22H22N2O4. The lowest BCUT2D eigenvalue weighted by atomic mass is 9.90. The van der Waals surface area contributed by atoms with Gasteiger partial charge in [-0.15, -0.1) is 0 Å². The zero-order chi connectivity index (χ0) is 19.1. The lowest BCUT2D eigenvalue weighted by Gasteiger charge is -2.17. The van der Waals surface area contributed by atoms with E-state index in [0.717, 1.165) is 35.3 Å². The van der Waals surface area contributed by atoms with Crippen molar-refractivity contribution < 1.29 is 19.3 Å². The van der Waals surface area contributed by atoms with Crippen LogP contribution in [-0.4, -0.2) is 28.0 Å². The molecule has 1 aromatic heterocycles. The molecule has 2 aliphatic rings. The first-order valence-electron chi connectivity index (χ1n) is 9.89. The maximum absolute atomic E-state index is 11.9. The molecule has 0 spiro atoms. The Hall–Kier alpha value is -2.89. The zero-order valence-electron chi connectivity index (χ0n) is 15.5. The van der Waals surface area contributed by atoms with E-state index in [4.69, 9.17) is 9.37 Å². The number of carboxylic acids is 1. The van der Waals surface area contributed by atoms with Crippen LogP contribution in [0.15, 0.2) is 41.0 Å². The normalized spacial score (nSPS) is 17.6. The number of aromatic nitrogens is 2. The van der Waals surface area contributed by atoms with Crippen LogP contribution in [0.3, 0.4) is 0 Å². The molecule has 0 bridgehead atoms. The van der Waals surface area contributed by atoms with Crippen molar-refractivity contribution in [2.24, 2.45) is 11.8 Å². The molecule has 144 valence electrons. The zero-order valence-corrected chi connectivity index (χ0v) is 15.5. The molecule has 0 saturated heterocycles. The summed E-state index contributed by atoms with van der Waals surface area (Å²) in [4.78, 5) is 11.9. The van der Waals surface area contributed by atoms with Crippen LogP contribution in [0.2, 0.25) is 0 Å². The summed E-state index contributed by atoms with van der Waals surface area (Å²) in [7, 11) is 0. The number of ether oxygens (including phenoxy) is 1. The number of rotatable bonds is 8. The Kier molecular flexibility index (Phi) is 4.26. The van der Waals surface area contributed by atoms with Crippen molar-refractivity contribution in [2.75, 3.05) is 6.61 Å². The number of benzene rings is 2. The van der Waals surface area contributed by atoms with Crippen LogP contribution in [0, 0.1) is 11.8 Å². The van der Waals surface area contributed by atoms with Gasteiger partial charge in [-0.05, 0) is 76.8 Å². The number of hydrogen-bond acceptors (Lipinski definition) is 5. The summed E-state index contributed by atoms with van der Waals surface area (Å²) in [5.41, 5.74) is 4.00. The molecule has 0 radical (unpaired) electrons. The molecule has 1 unspecified atom stereocenters. The third kappa shape index (κ3) is 3.59. The minimum absolute atomic E-state index is 0.485.